The van der Waals surface area contributed by atoms with Crippen LogP contribution in [0.2, 0.25) is 0 Å². The Balaban J connectivity index is 1.72. The maximum atomic E-state index is 12.0. The molecule has 1 amide bonds. The summed E-state index contributed by atoms with van der Waals surface area (Å²) in [6.07, 6.45) is 1.28. The molecule has 8 heteroatoms. The first kappa shape index (κ1) is 19.2. The van der Waals surface area contributed by atoms with E-state index in [0.29, 0.717) is 16.9 Å². The van der Waals surface area contributed by atoms with E-state index < -0.39 is 5.91 Å². The lowest BCUT2D eigenvalue weighted by molar-refractivity contribution is 0.0952. The highest BCUT2D eigenvalue weighted by Gasteiger charge is 2.08. The van der Waals surface area contributed by atoms with Gasteiger partial charge in [0.05, 0.1) is 23.2 Å². The topological polar surface area (TPSA) is 107 Å². The second kappa shape index (κ2) is 8.92. The Labute approximate surface area is 169 Å². The number of para-hydroxylation sites is 1. The van der Waals surface area contributed by atoms with E-state index >= 15 is 0 Å². The SMILES string of the molecule is O=C(NN=Cc1cc(N=Nc2cccc(Br)c2)ccc1O)c1ccccc1O. The van der Waals surface area contributed by atoms with Crippen molar-refractivity contribution in [1.82, 2.24) is 5.43 Å². The van der Waals surface area contributed by atoms with Crippen molar-refractivity contribution >= 4 is 39.4 Å². The van der Waals surface area contributed by atoms with E-state index in [0.717, 1.165) is 4.47 Å². The van der Waals surface area contributed by atoms with Crippen LogP contribution in [0.15, 0.2) is 86.5 Å². The Bertz CT molecular complexity index is 1070. The van der Waals surface area contributed by atoms with Crippen LogP contribution in [-0.2, 0) is 0 Å². The number of phenols is 2. The molecule has 3 aromatic carbocycles. The van der Waals surface area contributed by atoms with Crippen molar-refractivity contribution in [3.05, 3.63) is 82.3 Å². The summed E-state index contributed by atoms with van der Waals surface area (Å²) in [6, 6.07) is 18.1. The number of hydrogen-bond acceptors (Lipinski definition) is 6. The van der Waals surface area contributed by atoms with Crippen molar-refractivity contribution in [3.63, 3.8) is 0 Å². The minimum absolute atomic E-state index is 0.0260. The molecular weight excluding hydrogens is 424 g/mol. The number of hydrogen-bond donors (Lipinski definition) is 3. The van der Waals surface area contributed by atoms with Crippen molar-refractivity contribution in [2.45, 2.75) is 0 Å². The van der Waals surface area contributed by atoms with Crippen molar-refractivity contribution in [1.29, 1.82) is 0 Å². The lowest BCUT2D eigenvalue weighted by Gasteiger charge is -2.03. The smallest absolute Gasteiger partial charge is 0.275 e. The molecule has 0 atom stereocenters. The summed E-state index contributed by atoms with van der Waals surface area (Å²) in [6.45, 7) is 0. The summed E-state index contributed by atoms with van der Waals surface area (Å²) in [4.78, 5) is 12.0. The van der Waals surface area contributed by atoms with E-state index in [4.69, 9.17) is 0 Å². The fourth-order valence-corrected chi connectivity index (χ4v) is 2.63. The summed E-state index contributed by atoms with van der Waals surface area (Å²) in [5.41, 5.74) is 3.93. The summed E-state index contributed by atoms with van der Waals surface area (Å²) in [7, 11) is 0. The van der Waals surface area contributed by atoms with E-state index in [2.05, 4.69) is 36.7 Å². The van der Waals surface area contributed by atoms with Crippen LogP contribution in [-0.4, -0.2) is 22.3 Å². The highest BCUT2D eigenvalue weighted by atomic mass is 79.9. The summed E-state index contributed by atoms with van der Waals surface area (Å²) < 4.78 is 0.891. The lowest BCUT2D eigenvalue weighted by Crippen LogP contribution is -2.17. The summed E-state index contributed by atoms with van der Waals surface area (Å²) in [5.74, 6) is -0.741. The number of phenolic OH excluding ortho intramolecular Hbond substituents is 2. The summed E-state index contributed by atoms with van der Waals surface area (Å²) in [5, 5.41) is 31.7. The highest BCUT2D eigenvalue weighted by Crippen LogP contribution is 2.25. The zero-order valence-corrected chi connectivity index (χ0v) is 16.0. The van der Waals surface area contributed by atoms with E-state index in [1.54, 1.807) is 24.3 Å². The predicted molar refractivity (Wildman–Crippen MR) is 110 cm³/mol. The maximum absolute atomic E-state index is 12.0. The number of amides is 1. The Kier molecular flexibility index (Phi) is 6.13. The third-order valence-electron chi connectivity index (χ3n) is 3.62. The molecule has 0 aliphatic rings. The molecule has 7 nitrogen and oxygen atoms in total. The zero-order valence-electron chi connectivity index (χ0n) is 14.5. The number of hydrazone groups is 1. The molecule has 0 spiro atoms. The van der Waals surface area contributed by atoms with Gasteiger partial charge >= 0.3 is 0 Å². The standard InChI is InChI=1S/C20H15BrN4O3/c21-14-4-3-5-15(11-14)23-24-16-8-9-18(26)13(10-16)12-22-25-20(28)17-6-1-2-7-19(17)27/h1-12,26-27H,(H,25,28). The molecule has 0 saturated carbocycles. The number of rotatable bonds is 5. The average molecular weight is 439 g/mol. The molecule has 0 radical (unpaired) electrons. The molecule has 3 rings (SSSR count). The number of nitrogens with zero attached hydrogens (tertiary/aromatic N) is 3. The first-order chi connectivity index (χ1) is 13.5. The van der Waals surface area contributed by atoms with Gasteiger partial charge in [-0.05, 0) is 48.5 Å². The molecule has 0 saturated heterocycles. The molecule has 3 aromatic rings. The van der Waals surface area contributed by atoms with E-state index in [9.17, 15) is 15.0 Å². The van der Waals surface area contributed by atoms with Gasteiger partial charge in [-0.3, -0.25) is 4.79 Å². The van der Waals surface area contributed by atoms with E-state index in [1.807, 2.05) is 24.3 Å². The van der Waals surface area contributed by atoms with Crippen LogP contribution in [0, 0.1) is 0 Å². The van der Waals surface area contributed by atoms with E-state index in [-0.39, 0.29) is 17.1 Å². The monoisotopic (exact) mass is 438 g/mol. The van der Waals surface area contributed by atoms with Crippen molar-refractivity contribution in [3.8, 4) is 11.5 Å². The molecule has 28 heavy (non-hydrogen) atoms. The first-order valence-corrected chi connectivity index (χ1v) is 8.94. The average Bonchev–Trinajstić information content (AvgIpc) is 2.68. The fourth-order valence-electron chi connectivity index (χ4n) is 2.25. The van der Waals surface area contributed by atoms with Crippen LogP contribution >= 0.6 is 15.9 Å². The van der Waals surface area contributed by atoms with Gasteiger partial charge in [-0.25, -0.2) is 5.43 Å². The minimum Gasteiger partial charge on any atom is -0.507 e. The van der Waals surface area contributed by atoms with E-state index in [1.165, 1.54) is 24.4 Å². The van der Waals surface area contributed by atoms with Gasteiger partial charge in [0.1, 0.15) is 11.5 Å². The van der Waals surface area contributed by atoms with Gasteiger partial charge in [-0.2, -0.15) is 15.3 Å². The molecule has 0 fully saturated rings. The van der Waals surface area contributed by atoms with Gasteiger partial charge in [-0.1, -0.05) is 34.1 Å². The molecule has 3 N–H and O–H groups in total. The van der Waals surface area contributed by atoms with Gasteiger partial charge in [0.25, 0.3) is 5.91 Å². The Hall–Kier alpha value is -3.52. The Morgan fingerprint density at radius 3 is 2.39 bits per heavy atom. The lowest BCUT2D eigenvalue weighted by atomic mass is 10.2. The molecule has 0 unspecified atom stereocenters. The van der Waals surface area contributed by atoms with Gasteiger partial charge in [-0.15, -0.1) is 0 Å². The molecular formula is C20H15BrN4O3. The zero-order chi connectivity index (χ0) is 19.9. The molecule has 0 aliphatic heterocycles. The van der Waals surface area contributed by atoms with Crippen LogP contribution in [0.4, 0.5) is 11.4 Å². The van der Waals surface area contributed by atoms with Crippen molar-refractivity contribution in [2.24, 2.45) is 15.3 Å². The van der Waals surface area contributed by atoms with Crippen LogP contribution in [0.25, 0.3) is 0 Å². The molecule has 0 aromatic heterocycles. The first-order valence-electron chi connectivity index (χ1n) is 8.14. The number of carbonyl (C=O) groups is 1. The molecule has 0 aliphatic carbocycles. The number of aromatic hydroxyl groups is 2. The summed E-state index contributed by atoms with van der Waals surface area (Å²) >= 11 is 3.37. The quantitative estimate of drug-likeness (QED) is 0.295. The van der Waals surface area contributed by atoms with Crippen LogP contribution in [0.1, 0.15) is 15.9 Å². The molecule has 0 bridgehead atoms. The molecule has 0 heterocycles. The van der Waals surface area contributed by atoms with Gasteiger partial charge in [0, 0.05) is 10.0 Å². The third-order valence-corrected chi connectivity index (χ3v) is 4.11. The largest absolute Gasteiger partial charge is 0.507 e. The maximum Gasteiger partial charge on any atom is 0.275 e. The Morgan fingerprint density at radius 1 is 0.893 bits per heavy atom. The number of nitrogens with one attached hydrogen (secondary N) is 1. The van der Waals surface area contributed by atoms with Gasteiger partial charge < -0.3 is 10.2 Å². The van der Waals surface area contributed by atoms with Crippen molar-refractivity contribution in [2.75, 3.05) is 0 Å². The second-order valence-corrected chi connectivity index (χ2v) is 6.55. The van der Waals surface area contributed by atoms with Gasteiger partial charge in [0.2, 0.25) is 0 Å². The highest BCUT2D eigenvalue weighted by molar-refractivity contribution is 9.10. The number of carbonyl (C=O) groups excluding carboxylic acids is 1. The molecule has 140 valence electrons. The Morgan fingerprint density at radius 2 is 1.64 bits per heavy atom. The third kappa shape index (κ3) is 5.01. The second-order valence-electron chi connectivity index (χ2n) is 5.64. The number of halogens is 1. The minimum atomic E-state index is -0.570. The predicted octanol–water partition coefficient (Wildman–Crippen LogP) is 5.04. The van der Waals surface area contributed by atoms with Crippen molar-refractivity contribution < 1.29 is 15.0 Å². The number of azo groups is 1. The van der Waals surface area contributed by atoms with Crippen LogP contribution in [0.3, 0.4) is 0 Å². The van der Waals surface area contributed by atoms with Crippen LogP contribution in [0.5, 0.6) is 11.5 Å². The normalized spacial score (nSPS) is 11.2. The number of benzene rings is 3. The van der Waals surface area contributed by atoms with Crippen LogP contribution < -0.4 is 5.43 Å². The fraction of sp³-hybridized carbons (Fsp3) is 0. The van der Waals surface area contributed by atoms with Gasteiger partial charge in [0.15, 0.2) is 0 Å².